The van der Waals surface area contributed by atoms with Crippen LogP contribution in [0.5, 0.6) is 0 Å². The lowest BCUT2D eigenvalue weighted by Crippen LogP contribution is -2.09. The van der Waals surface area contributed by atoms with E-state index in [4.69, 9.17) is 0 Å². The maximum Gasteiger partial charge on any atom is 0.269 e. The number of hydrogen-bond acceptors (Lipinski definition) is 4. The second-order valence-electron chi connectivity index (χ2n) is 4.35. The number of non-ortho nitro benzene ring substituents is 1. The second kappa shape index (κ2) is 5.92. The summed E-state index contributed by atoms with van der Waals surface area (Å²) >= 11 is 3.42. The minimum Gasteiger partial charge on any atom is -0.258 e. The molecule has 1 atom stereocenters. The summed E-state index contributed by atoms with van der Waals surface area (Å²) in [5.74, 6) is 1.04. The van der Waals surface area contributed by atoms with Crippen LogP contribution in [0, 0.1) is 16.0 Å². The highest BCUT2D eigenvalue weighted by molar-refractivity contribution is 9.09. The number of nitro groups is 1. The van der Waals surface area contributed by atoms with Gasteiger partial charge in [0.15, 0.2) is 5.82 Å². The van der Waals surface area contributed by atoms with Crippen LogP contribution in [0.25, 0.3) is 11.4 Å². The van der Waals surface area contributed by atoms with E-state index < -0.39 is 4.92 Å². The number of rotatable bonds is 5. The Balaban J connectivity index is 2.16. The molecule has 2 aromatic rings. The molecule has 6 nitrogen and oxygen atoms in total. The molecule has 1 unspecified atom stereocenters. The quantitative estimate of drug-likeness (QED) is 0.481. The smallest absolute Gasteiger partial charge is 0.258 e. The fourth-order valence-corrected chi connectivity index (χ4v) is 1.82. The SMILES string of the molecule is CC(CBr)Cn1cnc(-c2ccc([N+](=O)[O-])cc2)n1. The molecule has 2 rings (SSSR count). The average molecular weight is 325 g/mol. The number of benzene rings is 1. The number of halogens is 1. The third-order valence-electron chi connectivity index (χ3n) is 2.63. The molecule has 1 aromatic carbocycles. The average Bonchev–Trinajstić information content (AvgIpc) is 2.87. The number of nitro benzene ring substituents is 1. The first-order valence-corrected chi connectivity index (χ1v) is 6.92. The second-order valence-corrected chi connectivity index (χ2v) is 5.00. The summed E-state index contributed by atoms with van der Waals surface area (Å²) in [4.78, 5) is 14.4. The zero-order chi connectivity index (χ0) is 13.8. The number of aromatic nitrogens is 3. The molecule has 0 saturated heterocycles. The summed E-state index contributed by atoms with van der Waals surface area (Å²) in [6.45, 7) is 2.90. The van der Waals surface area contributed by atoms with Crippen LogP contribution in [0.1, 0.15) is 6.92 Å². The maximum atomic E-state index is 10.6. The maximum absolute atomic E-state index is 10.6. The van der Waals surface area contributed by atoms with Gasteiger partial charge >= 0.3 is 0 Å². The van der Waals surface area contributed by atoms with Gasteiger partial charge in [-0.1, -0.05) is 22.9 Å². The minimum atomic E-state index is -0.423. The Morgan fingerprint density at radius 1 is 1.42 bits per heavy atom. The normalized spacial score (nSPS) is 12.3. The minimum absolute atomic E-state index is 0.0658. The van der Waals surface area contributed by atoms with E-state index in [9.17, 15) is 10.1 Å². The van der Waals surface area contributed by atoms with Crippen LogP contribution in [-0.2, 0) is 6.54 Å². The van der Waals surface area contributed by atoms with E-state index in [1.165, 1.54) is 12.1 Å². The van der Waals surface area contributed by atoms with Crippen LogP contribution in [-0.4, -0.2) is 25.0 Å². The molecule has 0 fully saturated rings. The van der Waals surface area contributed by atoms with E-state index in [2.05, 4.69) is 32.9 Å². The molecule has 0 aliphatic carbocycles. The molecule has 100 valence electrons. The Kier molecular flexibility index (Phi) is 4.26. The highest BCUT2D eigenvalue weighted by Gasteiger charge is 2.09. The predicted molar refractivity (Wildman–Crippen MR) is 75.1 cm³/mol. The van der Waals surface area contributed by atoms with Crippen molar-refractivity contribution in [2.24, 2.45) is 5.92 Å². The third kappa shape index (κ3) is 3.37. The Hall–Kier alpha value is -1.76. The summed E-state index contributed by atoms with van der Waals surface area (Å²) in [6.07, 6.45) is 1.68. The van der Waals surface area contributed by atoms with Gasteiger partial charge in [0.05, 0.1) is 4.92 Å². The lowest BCUT2D eigenvalue weighted by atomic mass is 10.2. The first-order chi connectivity index (χ1) is 9.10. The fourth-order valence-electron chi connectivity index (χ4n) is 1.62. The van der Waals surface area contributed by atoms with Crippen LogP contribution < -0.4 is 0 Å². The molecule has 0 saturated carbocycles. The highest BCUT2D eigenvalue weighted by atomic mass is 79.9. The number of alkyl halides is 1. The lowest BCUT2D eigenvalue weighted by molar-refractivity contribution is -0.384. The lowest BCUT2D eigenvalue weighted by Gasteiger charge is -2.05. The topological polar surface area (TPSA) is 73.8 Å². The van der Waals surface area contributed by atoms with Crippen molar-refractivity contribution in [3.63, 3.8) is 0 Å². The van der Waals surface area contributed by atoms with Crippen molar-refractivity contribution in [3.8, 4) is 11.4 Å². The van der Waals surface area contributed by atoms with Gasteiger partial charge in [0.2, 0.25) is 0 Å². The summed E-state index contributed by atoms with van der Waals surface area (Å²) in [6, 6.07) is 6.23. The van der Waals surface area contributed by atoms with Crippen LogP contribution in [0.15, 0.2) is 30.6 Å². The van der Waals surface area contributed by atoms with Crippen molar-refractivity contribution in [2.45, 2.75) is 13.5 Å². The van der Waals surface area contributed by atoms with Gasteiger partial charge in [-0.15, -0.1) is 0 Å². The van der Waals surface area contributed by atoms with Crippen LogP contribution in [0.2, 0.25) is 0 Å². The summed E-state index contributed by atoms with van der Waals surface area (Å²) in [7, 11) is 0. The highest BCUT2D eigenvalue weighted by Crippen LogP contribution is 2.19. The van der Waals surface area contributed by atoms with Crippen molar-refractivity contribution in [1.82, 2.24) is 14.8 Å². The monoisotopic (exact) mass is 324 g/mol. The molecule has 1 aromatic heterocycles. The molecule has 0 radical (unpaired) electrons. The first kappa shape index (κ1) is 13.7. The molecular formula is C12H13BrN4O2. The molecule has 7 heteroatoms. The molecule has 19 heavy (non-hydrogen) atoms. The van der Waals surface area contributed by atoms with Crippen LogP contribution in [0.3, 0.4) is 0 Å². The van der Waals surface area contributed by atoms with E-state index in [-0.39, 0.29) is 5.69 Å². The molecule has 0 N–H and O–H groups in total. The predicted octanol–water partition coefficient (Wildman–Crippen LogP) is 2.88. The van der Waals surface area contributed by atoms with Gasteiger partial charge < -0.3 is 0 Å². The molecule has 0 bridgehead atoms. The van der Waals surface area contributed by atoms with Gasteiger partial charge in [0.1, 0.15) is 6.33 Å². The molecule has 0 aliphatic heterocycles. The van der Waals surface area contributed by atoms with Crippen molar-refractivity contribution in [2.75, 3.05) is 5.33 Å². The van der Waals surface area contributed by atoms with E-state index in [0.29, 0.717) is 11.7 Å². The zero-order valence-corrected chi connectivity index (χ0v) is 11.9. The third-order valence-corrected chi connectivity index (χ3v) is 3.74. The Bertz CT molecular complexity index is 567. The zero-order valence-electron chi connectivity index (χ0n) is 10.4. The number of nitrogens with zero attached hydrogens (tertiary/aromatic N) is 4. The van der Waals surface area contributed by atoms with Crippen molar-refractivity contribution in [1.29, 1.82) is 0 Å². The largest absolute Gasteiger partial charge is 0.269 e. The van der Waals surface area contributed by atoms with Gasteiger partial charge in [0.25, 0.3) is 5.69 Å². The van der Waals surface area contributed by atoms with Gasteiger partial charge in [-0.2, -0.15) is 5.10 Å². The Morgan fingerprint density at radius 3 is 2.68 bits per heavy atom. The van der Waals surface area contributed by atoms with Crippen molar-refractivity contribution >= 4 is 21.6 Å². The Labute approximate surface area is 118 Å². The molecule has 0 spiro atoms. The van der Waals surface area contributed by atoms with E-state index in [0.717, 1.165) is 17.4 Å². The van der Waals surface area contributed by atoms with Crippen molar-refractivity contribution in [3.05, 3.63) is 40.7 Å². The molecule has 0 aliphatic rings. The van der Waals surface area contributed by atoms with Crippen LogP contribution in [0.4, 0.5) is 5.69 Å². The summed E-state index contributed by atoms with van der Waals surface area (Å²) in [5, 5.41) is 15.8. The first-order valence-electron chi connectivity index (χ1n) is 5.80. The molecule has 0 amide bonds. The molecule has 1 heterocycles. The van der Waals surface area contributed by atoms with Crippen LogP contribution >= 0.6 is 15.9 Å². The van der Waals surface area contributed by atoms with Gasteiger partial charge in [0, 0.05) is 29.6 Å². The van der Waals surface area contributed by atoms with Crippen molar-refractivity contribution < 1.29 is 4.92 Å². The summed E-state index contributed by atoms with van der Waals surface area (Å²) < 4.78 is 1.78. The van der Waals surface area contributed by atoms with E-state index in [1.807, 2.05) is 0 Å². The summed E-state index contributed by atoms with van der Waals surface area (Å²) in [5.41, 5.74) is 0.840. The standard InChI is InChI=1S/C12H13BrN4O2/c1-9(6-13)7-16-8-14-12(15-16)10-2-4-11(5-3-10)17(18)19/h2-5,8-9H,6-7H2,1H3. The van der Waals surface area contributed by atoms with E-state index in [1.54, 1.807) is 23.1 Å². The Morgan fingerprint density at radius 2 is 2.11 bits per heavy atom. The van der Waals surface area contributed by atoms with E-state index >= 15 is 0 Å². The van der Waals surface area contributed by atoms with Gasteiger partial charge in [-0.3, -0.25) is 14.8 Å². The fraction of sp³-hybridized carbons (Fsp3) is 0.333. The molecular weight excluding hydrogens is 312 g/mol. The number of hydrogen-bond donors (Lipinski definition) is 0. The van der Waals surface area contributed by atoms with Gasteiger partial charge in [-0.25, -0.2) is 4.98 Å². The van der Waals surface area contributed by atoms with Gasteiger partial charge in [-0.05, 0) is 18.1 Å².